The van der Waals surface area contributed by atoms with Crippen LogP contribution in [-0.2, 0) is 11.3 Å². The fourth-order valence-corrected chi connectivity index (χ4v) is 4.65. The normalized spacial score (nSPS) is 15.9. The molecule has 35 heavy (non-hydrogen) atoms. The quantitative estimate of drug-likeness (QED) is 0.420. The van der Waals surface area contributed by atoms with Gasteiger partial charge in [0, 0.05) is 37.6 Å². The van der Waals surface area contributed by atoms with Crippen molar-refractivity contribution in [2.24, 2.45) is 5.92 Å². The van der Waals surface area contributed by atoms with Crippen LogP contribution in [0, 0.1) is 11.7 Å². The smallest absolute Gasteiger partial charge is 0.225 e. The molecule has 0 aliphatic carbocycles. The lowest BCUT2D eigenvalue weighted by Gasteiger charge is -2.33. The zero-order chi connectivity index (χ0) is 24.4. The molecule has 0 radical (unpaired) electrons. The monoisotopic (exact) mass is 493 g/mol. The molecule has 3 heterocycles. The Morgan fingerprint density at radius 3 is 2.97 bits per heavy atom. The number of benzene rings is 2. The summed E-state index contributed by atoms with van der Waals surface area (Å²) in [7, 11) is 1.64. The van der Waals surface area contributed by atoms with Crippen LogP contribution in [-0.4, -0.2) is 40.7 Å². The summed E-state index contributed by atoms with van der Waals surface area (Å²) in [5.41, 5.74) is 3.42. The van der Waals surface area contributed by atoms with E-state index in [4.69, 9.17) is 21.4 Å². The first kappa shape index (κ1) is 23.1. The molecule has 2 aromatic carbocycles. The molecule has 180 valence electrons. The number of nitrogens with one attached hydrogen (secondary N) is 1. The van der Waals surface area contributed by atoms with Crippen molar-refractivity contribution >= 4 is 28.8 Å². The van der Waals surface area contributed by atoms with Crippen LogP contribution in [0.2, 0.25) is 5.02 Å². The molecule has 0 saturated carbocycles. The first-order valence-corrected chi connectivity index (χ1v) is 11.8. The van der Waals surface area contributed by atoms with Crippen LogP contribution in [0.4, 0.5) is 10.2 Å². The topological polar surface area (TPSA) is 71.8 Å². The Bertz CT molecular complexity index is 1380. The summed E-state index contributed by atoms with van der Waals surface area (Å²) in [6.07, 6.45) is 5.22. The van der Waals surface area contributed by atoms with E-state index in [2.05, 4.69) is 15.2 Å². The maximum Gasteiger partial charge on any atom is 0.225 e. The number of fused-ring (bicyclic) bond motifs is 1. The maximum atomic E-state index is 13.4. The molecule has 1 N–H and O–H groups in total. The molecule has 1 amide bonds. The minimum absolute atomic E-state index is 0.0346. The molecule has 1 fully saturated rings. The first-order chi connectivity index (χ1) is 17.0. The van der Waals surface area contributed by atoms with Crippen molar-refractivity contribution in [3.05, 3.63) is 77.3 Å². The molecule has 0 spiro atoms. The molecule has 1 aliphatic heterocycles. The van der Waals surface area contributed by atoms with Gasteiger partial charge in [-0.25, -0.2) is 13.9 Å². The van der Waals surface area contributed by atoms with Gasteiger partial charge >= 0.3 is 0 Å². The zero-order valence-corrected chi connectivity index (χ0v) is 20.0. The number of piperidine rings is 1. The van der Waals surface area contributed by atoms with Crippen molar-refractivity contribution < 1.29 is 13.9 Å². The second-order valence-corrected chi connectivity index (χ2v) is 9.00. The molecule has 7 nitrogen and oxygen atoms in total. The van der Waals surface area contributed by atoms with E-state index in [0.717, 1.165) is 53.3 Å². The highest BCUT2D eigenvalue weighted by Crippen LogP contribution is 2.29. The fraction of sp³-hybridized carbons (Fsp3) is 0.269. The minimum Gasteiger partial charge on any atom is -0.497 e. The van der Waals surface area contributed by atoms with Gasteiger partial charge < -0.3 is 15.0 Å². The number of rotatable bonds is 6. The van der Waals surface area contributed by atoms with Crippen LogP contribution in [0.25, 0.3) is 16.8 Å². The van der Waals surface area contributed by atoms with Gasteiger partial charge in [0.05, 0.1) is 23.7 Å². The van der Waals surface area contributed by atoms with Crippen LogP contribution in [0.5, 0.6) is 5.75 Å². The summed E-state index contributed by atoms with van der Waals surface area (Å²) in [6.45, 7) is 1.67. The Kier molecular flexibility index (Phi) is 6.55. The van der Waals surface area contributed by atoms with E-state index >= 15 is 0 Å². The molecule has 1 saturated heterocycles. The third kappa shape index (κ3) is 4.93. The number of amides is 1. The Morgan fingerprint density at radius 1 is 1.26 bits per heavy atom. The number of ether oxygens (including phenoxy) is 1. The van der Waals surface area contributed by atoms with Gasteiger partial charge in [0.1, 0.15) is 17.1 Å². The van der Waals surface area contributed by atoms with E-state index in [1.165, 1.54) is 12.1 Å². The maximum absolute atomic E-state index is 13.4. The number of nitrogens with zero attached hydrogens (tertiary/aromatic N) is 4. The summed E-state index contributed by atoms with van der Waals surface area (Å²) in [5.74, 6) is 0.888. The lowest BCUT2D eigenvalue weighted by Crippen LogP contribution is -2.43. The van der Waals surface area contributed by atoms with E-state index < -0.39 is 5.82 Å². The van der Waals surface area contributed by atoms with E-state index in [9.17, 15) is 9.18 Å². The number of aromatic nitrogens is 3. The third-order valence-corrected chi connectivity index (χ3v) is 6.57. The van der Waals surface area contributed by atoms with E-state index in [0.29, 0.717) is 13.1 Å². The highest BCUT2D eigenvalue weighted by molar-refractivity contribution is 6.30. The Hall–Kier alpha value is -3.65. The number of hydrogen-bond donors (Lipinski definition) is 1. The van der Waals surface area contributed by atoms with Crippen LogP contribution < -0.4 is 15.0 Å². The van der Waals surface area contributed by atoms with Crippen molar-refractivity contribution in [2.75, 3.05) is 25.1 Å². The Balaban J connectivity index is 1.32. The molecular formula is C26H25ClFN5O2. The van der Waals surface area contributed by atoms with E-state index in [1.54, 1.807) is 19.4 Å². The molecule has 2 aromatic heterocycles. The van der Waals surface area contributed by atoms with Crippen molar-refractivity contribution in [1.29, 1.82) is 0 Å². The van der Waals surface area contributed by atoms with Crippen molar-refractivity contribution in [2.45, 2.75) is 19.4 Å². The van der Waals surface area contributed by atoms with Gasteiger partial charge in [-0.05, 0) is 48.7 Å². The minimum atomic E-state index is -0.472. The SMILES string of the molecule is COc1cccc(-c2cc3c(N4CCCC(C(=O)NCc5ccc(F)c(Cl)c5)C4)nccn3n2)c1. The second-order valence-electron chi connectivity index (χ2n) is 8.59. The summed E-state index contributed by atoms with van der Waals surface area (Å²) in [6, 6.07) is 14.3. The predicted molar refractivity (Wildman–Crippen MR) is 133 cm³/mol. The summed E-state index contributed by atoms with van der Waals surface area (Å²) in [5, 5.41) is 7.74. The molecule has 5 rings (SSSR count). The van der Waals surface area contributed by atoms with Crippen LogP contribution in [0.15, 0.2) is 60.9 Å². The van der Waals surface area contributed by atoms with Crippen LogP contribution >= 0.6 is 11.6 Å². The first-order valence-electron chi connectivity index (χ1n) is 11.5. The van der Waals surface area contributed by atoms with Gasteiger partial charge in [-0.1, -0.05) is 29.8 Å². The van der Waals surface area contributed by atoms with Gasteiger partial charge in [-0.2, -0.15) is 5.10 Å². The van der Waals surface area contributed by atoms with Crippen LogP contribution in [0.3, 0.4) is 0 Å². The lowest BCUT2D eigenvalue weighted by atomic mass is 9.97. The predicted octanol–water partition coefficient (Wildman–Crippen LogP) is 4.73. The number of halogens is 2. The molecule has 0 bridgehead atoms. The van der Waals surface area contributed by atoms with Crippen molar-refractivity contribution in [1.82, 2.24) is 19.9 Å². The van der Waals surface area contributed by atoms with Gasteiger partial charge in [0.25, 0.3) is 0 Å². The molecule has 1 unspecified atom stereocenters. The third-order valence-electron chi connectivity index (χ3n) is 6.28. The standard InChI is InChI=1S/C26H25ClFN5O2/c1-35-20-6-2-4-18(13-20)23-14-24-25(29-9-11-33(24)31-23)32-10-3-5-19(16-32)26(34)30-15-17-7-8-22(28)21(27)12-17/h2,4,6-9,11-14,19H,3,5,10,15-16H2,1H3,(H,30,34). The number of carbonyl (C=O) groups excluding carboxylic acids is 1. The number of anilines is 1. The lowest BCUT2D eigenvalue weighted by molar-refractivity contribution is -0.125. The second kappa shape index (κ2) is 9.92. The van der Waals surface area contributed by atoms with Gasteiger partial charge in [0.2, 0.25) is 5.91 Å². The van der Waals surface area contributed by atoms with Crippen molar-refractivity contribution in [3.63, 3.8) is 0 Å². The molecular weight excluding hydrogens is 469 g/mol. The van der Waals surface area contributed by atoms with E-state index in [1.807, 2.05) is 41.0 Å². The van der Waals surface area contributed by atoms with Gasteiger partial charge in [-0.3, -0.25) is 4.79 Å². The van der Waals surface area contributed by atoms with Gasteiger partial charge in [-0.15, -0.1) is 0 Å². The number of methoxy groups -OCH3 is 1. The largest absolute Gasteiger partial charge is 0.497 e. The summed E-state index contributed by atoms with van der Waals surface area (Å²) in [4.78, 5) is 19.7. The summed E-state index contributed by atoms with van der Waals surface area (Å²) >= 11 is 5.85. The zero-order valence-electron chi connectivity index (χ0n) is 19.2. The van der Waals surface area contributed by atoms with Crippen LogP contribution in [0.1, 0.15) is 18.4 Å². The van der Waals surface area contributed by atoms with Gasteiger partial charge in [0.15, 0.2) is 5.82 Å². The molecule has 9 heteroatoms. The highest BCUT2D eigenvalue weighted by Gasteiger charge is 2.28. The van der Waals surface area contributed by atoms with E-state index in [-0.39, 0.29) is 16.8 Å². The average molecular weight is 494 g/mol. The fourth-order valence-electron chi connectivity index (χ4n) is 4.44. The molecule has 1 atom stereocenters. The Labute approximate surface area is 207 Å². The summed E-state index contributed by atoms with van der Waals surface area (Å²) < 4.78 is 20.6. The average Bonchev–Trinajstić information content (AvgIpc) is 3.34. The molecule has 1 aliphatic rings. The number of hydrogen-bond acceptors (Lipinski definition) is 5. The van der Waals surface area contributed by atoms with Crippen molar-refractivity contribution in [3.8, 4) is 17.0 Å². The number of carbonyl (C=O) groups is 1. The molecule has 4 aromatic rings. The highest BCUT2D eigenvalue weighted by atomic mass is 35.5. The Morgan fingerprint density at radius 2 is 2.14 bits per heavy atom.